The number of hydrogen-bond donors (Lipinski definition) is 0. The molecule has 0 amide bonds. The Morgan fingerprint density at radius 3 is 1.18 bits per heavy atom. The van der Waals surface area contributed by atoms with Crippen LogP contribution in [0.1, 0.15) is 27.7 Å². The van der Waals surface area contributed by atoms with Gasteiger partial charge in [-0.15, -0.1) is 0 Å². The molecule has 0 N–H and O–H groups in total. The second-order valence-electron chi connectivity index (χ2n) is 3.61. The van der Waals surface area contributed by atoms with Crippen LogP contribution in [0.15, 0.2) is 0 Å². The summed E-state index contributed by atoms with van der Waals surface area (Å²) in [7, 11) is 0. The molecule has 0 spiro atoms. The second kappa shape index (κ2) is 13.2. The van der Waals surface area contributed by atoms with E-state index in [1.54, 1.807) is 0 Å². The summed E-state index contributed by atoms with van der Waals surface area (Å²) in [5.41, 5.74) is 0. The van der Waals surface area contributed by atoms with Gasteiger partial charge in [-0.3, -0.25) is 0 Å². The molecule has 0 aliphatic rings. The summed E-state index contributed by atoms with van der Waals surface area (Å²) in [6.45, 7) is 10.9. The van der Waals surface area contributed by atoms with Crippen molar-refractivity contribution < 1.29 is 43.5 Å². The van der Waals surface area contributed by atoms with Crippen molar-refractivity contribution in [2.45, 2.75) is 48.1 Å². The van der Waals surface area contributed by atoms with Crippen LogP contribution in [0.25, 0.3) is 0 Å². The molecule has 0 saturated heterocycles. The number of rotatable bonds is 12. The molecule has 4 nitrogen and oxygen atoms in total. The SMILES string of the molecule is CCOC([CH2][Hg][CH2]C(OCC)OCC)OCC. The molecular formula is C12H26HgO4. The summed E-state index contributed by atoms with van der Waals surface area (Å²) in [5, 5.41) is 0. The molecule has 5 heteroatoms. The maximum atomic E-state index is 5.54. The van der Waals surface area contributed by atoms with Crippen molar-refractivity contribution in [3.8, 4) is 0 Å². The van der Waals surface area contributed by atoms with Crippen LogP contribution in [0.5, 0.6) is 0 Å². The van der Waals surface area contributed by atoms with Crippen molar-refractivity contribution in [2.75, 3.05) is 26.4 Å². The molecule has 100 valence electrons. The van der Waals surface area contributed by atoms with E-state index in [1.807, 2.05) is 27.7 Å². The van der Waals surface area contributed by atoms with E-state index in [9.17, 15) is 0 Å². The third-order valence-electron chi connectivity index (χ3n) is 2.29. The molecule has 0 aliphatic heterocycles. The molecule has 0 aliphatic carbocycles. The van der Waals surface area contributed by atoms with Gasteiger partial charge in [-0.05, 0) is 0 Å². The van der Waals surface area contributed by atoms with Crippen LogP contribution in [0.3, 0.4) is 0 Å². The van der Waals surface area contributed by atoms with Gasteiger partial charge in [0.1, 0.15) is 0 Å². The minimum absolute atomic E-state index is 0.00979. The van der Waals surface area contributed by atoms with Gasteiger partial charge in [-0.2, -0.15) is 0 Å². The zero-order valence-electron chi connectivity index (χ0n) is 11.7. The van der Waals surface area contributed by atoms with Crippen LogP contribution in [0, 0.1) is 0 Å². The standard InChI is InChI=1S/2C6H13O2.Hg/c2*1-4-7-6(3)8-5-2;/h2*6H,3-5H2,1-2H3;. The summed E-state index contributed by atoms with van der Waals surface area (Å²) < 4.78 is 24.4. The van der Waals surface area contributed by atoms with Crippen molar-refractivity contribution in [2.24, 2.45) is 0 Å². The van der Waals surface area contributed by atoms with Gasteiger partial charge in [0.2, 0.25) is 0 Å². The zero-order valence-corrected chi connectivity index (χ0v) is 17.2. The fourth-order valence-electron chi connectivity index (χ4n) is 1.62. The van der Waals surface area contributed by atoms with E-state index in [2.05, 4.69) is 0 Å². The van der Waals surface area contributed by atoms with Gasteiger partial charge in [-0.1, -0.05) is 0 Å². The van der Waals surface area contributed by atoms with Gasteiger partial charge < -0.3 is 0 Å². The van der Waals surface area contributed by atoms with E-state index in [0.29, 0.717) is 0 Å². The van der Waals surface area contributed by atoms with Gasteiger partial charge in [0.05, 0.1) is 0 Å². The third kappa shape index (κ3) is 10.4. The van der Waals surface area contributed by atoms with Crippen LogP contribution in [0.4, 0.5) is 0 Å². The molecule has 0 fully saturated rings. The van der Waals surface area contributed by atoms with Gasteiger partial charge in [-0.25, -0.2) is 0 Å². The topological polar surface area (TPSA) is 36.9 Å². The summed E-state index contributed by atoms with van der Waals surface area (Å²) in [4.78, 5) is 0. The van der Waals surface area contributed by atoms with E-state index < -0.39 is 24.6 Å². The molecule has 0 rings (SSSR count). The van der Waals surface area contributed by atoms with Crippen LogP contribution in [0.2, 0.25) is 7.86 Å². The van der Waals surface area contributed by atoms with Crippen molar-refractivity contribution in [1.29, 1.82) is 0 Å². The van der Waals surface area contributed by atoms with Gasteiger partial charge in [0.15, 0.2) is 0 Å². The van der Waals surface area contributed by atoms with Crippen LogP contribution in [-0.2, 0) is 43.5 Å². The first-order valence-corrected chi connectivity index (χ1v) is 14.5. The monoisotopic (exact) mass is 436 g/mol. The maximum absolute atomic E-state index is 5.54. The molecule has 0 bridgehead atoms. The first kappa shape index (κ1) is 17.8. The van der Waals surface area contributed by atoms with E-state index in [1.165, 1.54) is 0 Å². The molecule has 0 radical (unpaired) electrons. The van der Waals surface area contributed by atoms with E-state index >= 15 is 0 Å². The number of ether oxygens (including phenoxy) is 4. The normalized spacial score (nSPS) is 11.2. The molecule has 17 heavy (non-hydrogen) atoms. The average Bonchev–Trinajstić information content (AvgIpc) is 2.30. The predicted molar refractivity (Wildman–Crippen MR) is 63.7 cm³/mol. The summed E-state index contributed by atoms with van der Waals surface area (Å²) in [6.07, 6.45) is 0.0196. The Bertz CT molecular complexity index is 129. The molecular weight excluding hydrogens is 409 g/mol. The molecule has 0 heterocycles. The van der Waals surface area contributed by atoms with Crippen LogP contribution < -0.4 is 0 Å². The Labute approximate surface area is 118 Å². The summed E-state index contributed by atoms with van der Waals surface area (Å²) in [5.74, 6) is 0. The van der Waals surface area contributed by atoms with Crippen molar-refractivity contribution in [3.63, 3.8) is 0 Å². The zero-order chi connectivity index (χ0) is 12.9. The Hall–Kier alpha value is 0.775. The molecule has 0 saturated carbocycles. The summed E-state index contributed by atoms with van der Waals surface area (Å²) in [6, 6.07) is 0. The van der Waals surface area contributed by atoms with Gasteiger partial charge in [0, 0.05) is 0 Å². The fraction of sp³-hybridized carbons (Fsp3) is 1.00. The third-order valence-corrected chi connectivity index (χ3v) is 9.13. The number of hydrogen-bond acceptors (Lipinski definition) is 4. The molecule has 0 unspecified atom stereocenters. The fourth-order valence-corrected chi connectivity index (χ4v) is 7.72. The van der Waals surface area contributed by atoms with Gasteiger partial charge in [0.25, 0.3) is 0 Å². The van der Waals surface area contributed by atoms with Gasteiger partial charge >= 0.3 is 118 Å². The molecule has 0 aromatic carbocycles. The predicted octanol–water partition coefficient (Wildman–Crippen LogP) is 2.70. The first-order chi connectivity index (χ1) is 8.28. The second-order valence-corrected chi connectivity index (χ2v) is 10.8. The van der Waals surface area contributed by atoms with Crippen LogP contribution in [-0.4, -0.2) is 39.0 Å². The Morgan fingerprint density at radius 2 is 0.941 bits per heavy atom. The van der Waals surface area contributed by atoms with Crippen molar-refractivity contribution in [3.05, 3.63) is 0 Å². The molecule has 0 atom stereocenters. The average molecular weight is 435 g/mol. The van der Waals surface area contributed by atoms with E-state index in [4.69, 9.17) is 18.9 Å². The van der Waals surface area contributed by atoms with E-state index in [0.717, 1.165) is 34.3 Å². The molecule has 0 aromatic rings. The quantitative estimate of drug-likeness (QED) is 0.349. The molecule has 0 aromatic heterocycles. The minimum atomic E-state index is -1.01. The van der Waals surface area contributed by atoms with Crippen molar-refractivity contribution in [1.82, 2.24) is 0 Å². The van der Waals surface area contributed by atoms with Crippen molar-refractivity contribution >= 4 is 0 Å². The van der Waals surface area contributed by atoms with Crippen LogP contribution >= 0.6 is 0 Å². The summed E-state index contributed by atoms with van der Waals surface area (Å²) >= 11 is -1.01. The Morgan fingerprint density at radius 1 is 0.647 bits per heavy atom. The van der Waals surface area contributed by atoms with E-state index in [-0.39, 0.29) is 12.6 Å². The first-order valence-electron chi connectivity index (χ1n) is 6.74. The Balaban J connectivity index is 3.73. The Kier molecular flexibility index (Phi) is 13.8.